The molecule has 1 aliphatic rings. The number of alkyl halides is 3. The summed E-state index contributed by atoms with van der Waals surface area (Å²) in [5.41, 5.74) is 1.03. The summed E-state index contributed by atoms with van der Waals surface area (Å²) in [5, 5.41) is 10.00. The Morgan fingerprint density at radius 1 is 1.10 bits per heavy atom. The average molecular weight is 587 g/mol. The molecule has 5 rings (SSSR count). The fraction of sp³-hybridized carbons (Fsp3) is 0.172. The van der Waals surface area contributed by atoms with Crippen LogP contribution < -0.4 is 10.6 Å². The Kier molecular flexibility index (Phi) is 7.42. The van der Waals surface area contributed by atoms with Crippen molar-refractivity contribution in [1.29, 1.82) is 0 Å². The van der Waals surface area contributed by atoms with Gasteiger partial charge in [0.2, 0.25) is 0 Å². The van der Waals surface area contributed by atoms with E-state index < -0.39 is 40.8 Å². The van der Waals surface area contributed by atoms with Gasteiger partial charge in [-0.3, -0.25) is 9.48 Å². The van der Waals surface area contributed by atoms with Gasteiger partial charge in [0.25, 0.3) is 5.91 Å². The summed E-state index contributed by atoms with van der Waals surface area (Å²) >= 11 is 6.46. The molecule has 1 atom stereocenters. The van der Waals surface area contributed by atoms with Gasteiger partial charge in [-0.2, -0.15) is 18.3 Å². The molecule has 12 heteroatoms. The fourth-order valence-corrected chi connectivity index (χ4v) is 5.14. The van der Waals surface area contributed by atoms with Crippen LogP contribution in [-0.4, -0.2) is 28.2 Å². The second-order valence-electron chi connectivity index (χ2n) is 9.54. The molecule has 0 radical (unpaired) electrons. The summed E-state index contributed by atoms with van der Waals surface area (Å²) in [5.74, 6) is -1.67. The van der Waals surface area contributed by atoms with Gasteiger partial charge in [0.15, 0.2) is 0 Å². The summed E-state index contributed by atoms with van der Waals surface area (Å²) in [6, 6.07) is 8.71. The molecule has 0 spiro atoms. The molecule has 0 saturated heterocycles. The number of allylic oxidation sites excluding steroid dienone is 1. The van der Waals surface area contributed by atoms with Crippen LogP contribution in [0.5, 0.6) is 0 Å². The number of carbonyl (C=O) groups excluding carboxylic acids is 2. The number of amides is 1. The zero-order valence-electron chi connectivity index (χ0n) is 21.2. The summed E-state index contributed by atoms with van der Waals surface area (Å²) in [6.45, 7) is 0.0635. The molecule has 1 aliphatic heterocycles. The second-order valence-corrected chi connectivity index (χ2v) is 9.94. The number of benzene rings is 3. The number of anilines is 1. The van der Waals surface area contributed by atoms with Gasteiger partial charge in [0, 0.05) is 54.0 Å². The molecular formula is C29H20ClF5N4O2. The van der Waals surface area contributed by atoms with Crippen LogP contribution in [0.4, 0.5) is 27.6 Å². The minimum atomic E-state index is -4.88. The maximum atomic E-state index is 14.4. The highest BCUT2D eigenvalue weighted by atomic mass is 35.5. The number of hydrogen-bond donors (Lipinski definition) is 2. The average Bonchev–Trinajstić information content (AvgIpc) is 3.26. The van der Waals surface area contributed by atoms with Gasteiger partial charge in [-0.25, -0.2) is 13.6 Å². The number of nitrogens with one attached hydrogen (secondary N) is 2. The van der Waals surface area contributed by atoms with Crippen molar-refractivity contribution in [3.05, 3.63) is 111 Å². The van der Waals surface area contributed by atoms with E-state index in [4.69, 9.17) is 11.6 Å². The van der Waals surface area contributed by atoms with E-state index in [-0.39, 0.29) is 29.4 Å². The van der Waals surface area contributed by atoms with Crippen LogP contribution in [0.2, 0.25) is 5.02 Å². The Morgan fingerprint density at radius 2 is 1.88 bits per heavy atom. The van der Waals surface area contributed by atoms with Crippen molar-refractivity contribution < 1.29 is 31.5 Å². The van der Waals surface area contributed by atoms with Gasteiger partial charge in [0.1, 0.15) is 23.3 Å². The van der Waals surface area contributed by atoms with Crippen molar-refractivity contribution >= 4 is 29.1 Å². The van der Waals surface area contributed by atoms with E-state index in [2.05, 4.69) is 15.7 Å². The number of rotatable bonds is 4. The molecule has 3 aromatic carbocycles. The molecular weight excluding hydrogens is 567 g/mol. The number of aryl methyl sites for hydroxylation is 1. The van der Waals surface area contributed by atoms with E-state index in [0.29, 0.717) is 46.0 Å². The van der Waals surface area contributed by atoms with Crippen molar-refractivity contribution in [3.8, 4) is 11.1 Å². The molecule has 4 aromatic rings. The number of halogens is 6. The zero-order chi connectivity index (χ0) is 29.5. The molecule has 0 bridgehead atoms. The first-order valence-corrected chi connectivity index (χ1v) is 12.6. The van der Waals surface area contributed by atoms with Gasteiger partial charge in [-0.15, -0.1) is 0 Å². The molecule has 1 unspecified atom stereocenters. The lowest BCUT2D eigenvalue weighted by molar-refractivity contribution is -0.137. The van der Waals surface area contributed by atoms with Gasteiger partial charge in [-0.05, 0) is 64.7 Å². The Hall–Kier alpha value is -4.47. The van der Waals surface area contributed by atoms with Crippen LogP contribution >= 0.6 is 11.6 Å². The van der Waals surface area contributed by atoms with E-state index in [1.807, 2.05) is 5.94 Å². The summed E-state index contributed by atoms with van der Waals surface area (Å²) in [7, 11) is 1.71. The molecule has 2 heterocycles. The van der Waals surface area contributed by atoms with Crippen LogP contribution in [-0.2, 0) is 24.4 Å². The minimum Gasteiger partial charge on any atom is -0.378 e. The molecule has 2 N–H and O–H groups in total. The lowest BCUT2D eigenvalue weighted by Crippen LogP contribution is -2.22. The SMILES string of the molecule is Cn1cc(-c2cc3c(c(NC(=O)c4cc(F)cc(C(F)(F)F)c4)c2)C(c2cc(F)ccc2Cl)CNC(=C=O)C3)cn1. The third-order valence-electron chi connectivity index (χ3n) is 6.73. The smallest absolute Gasteiger partial charge is 0.378 e. The van der Waals surface area contributed by atoms with Gasteiger partial charge in [0.05, 0.1) is 11.8 Å². The monoisotopic (exact) mass is 586 g/mol. The van der Waals surface area contributed by atoms with E-state index in [0.717, 1.165) is 0 Å². The summed E-state index contributed by atoms with van der Waals surface area (Å²) < 4.78 is 70.1. The maximum Gasteiger partial charge on any atom is 0.416 e. The predicted molar refractivity (Wildman–Crippen MR) is 142 cm³/mol. The van der Waals surface area contributed by atoms with Crippen molar-refractivity contribution in [1.82, 2.24) is 15.1 Å². The first-order chi connectivity index (χ1) is 19.4. The minimum absolute atomic E-state index is 0.0530. The number of nitrogens with zero attached hydrogens (tertiary/aromatic N) is 2. The molecule has 1 aromatic heterocycles. The number of fused-ring (bicyclic) bond motifs is 1. The van der Waals surface area contributed by atoms with Gasteiger partial charge in [-0.1, -0.05) is 17.7 Å². The molecule has 41 heavy (non-hydrogen) atoms. The van der Waals surface area contributed by atoms with E-state index in [9.17, 15) is 31.5 Å². The Labute approximate surface area is 235 Å². The Balaban J connectivity index is 1.71. The van der Waals surface area contributed by atoms with E-state index in [1.165, 1.54) is 18.2 Å². The van der Waals surface area contributed by atoms with Crippen LogP contribution in [0.15, 0.2) is 66.6 Å². The summed E-state index contributed by atoms with van der Waals surface area (Å²) in [6.07, 6.45) is -1.54. The van der Waals surface area contributed by atoms with Crippen LogP contribution in [0.1, 0.15) is 38.5 Å². The first-order valence-electron chi connectivity index (χ1n) is 12.2. The maximum absolute atomic E-state index is 14.4. The lowest BCUT2D eigenvalue weighted by Gasteiger charge is -2.24. The van der Waals surface area contributed by atoms with E-state index in [1.54, 1.807) is 36.3 Å². The van der Waals surface area contributed by atoms with Crippen LogP contribution in [0.3, 0.4) is 0 Å². The third kappa shape index (κ3) is 5.86. The molecule has 0 fully saturated rings. The zero-order valence-corrected chi connectivity index (χ0v) is 22.0. The quantitative estimate of drug-likeness (QED) is 0.218. The molecule has 210 valence electrons. The highest BCUT2D eigenvalue weighted by Crippen LogP contribution is 2.41. The number of hydrogen-bond acceptors (Lipinski definition) is 4. The molecule has 0 saturated carbocycles. The molecule has 6 nitrogen and oxygen atoms in total. The normalized spacial score (nSPS) is 15.0. The van der Waals surface area contributed by atoms with Gasteiger partial charge >= 0.3 is 6.18 Å². The molecule has 1 amide bonds. The Morgan fingerprint density at radius 3 is 2.56 bits per heavy atom. The number of aromatic nitrogens is 2. The van der Waals surface area contributed by atoms with Crippen molar-refractivity contribution in [2.75, 3.05) is 11.9 Å². The summed E-state index contributed by atoms with van der Waals surface area (Å²) in [4.78, 5) is 25.0. The van der Waals surface area contributed by atoms with Crippen molar-refractivity contribution in [2.24, 2.45) is 7.05 Å². The van der Waals surface area contributed by atoms with Crippen LogP contribution in [0.25, 0.3) is 11.1 Å². The van der Waals surface area contributed by atoms with Gasteiger partial charge < -0.3 is 10.6 Å². The third-order valence-corrected chi connectivity index (χ3v) is 7.08. The second kappa shape index (κ2) is 10.8. The fourth-order valence-electron chi connectivity index (χ4n) is 4.89. The van der Waals surface area contributed by atoms with Crippen molar-refractivity contribution in [2.45, 2.75) is 18.5 Å². The Bertz CT molecular complexity index is 1730. The predicted octanol–water partition coefficient (Wildman–Crippen LogP) is 6.28. The number of carbonyl (C=O) groups is 1. The van der Waals surface area contributed by atoms with Crippen molar-refractivity contribution in [3.63, 3.8) is 0 Å². The molecule has 0 aliphatic carbocycles. The van der Waals surface area contributed by atoms with Crippen LogP contribution in [0, 0.1) is 11.6 Å². The highest BCUT2D eigenvalue weighted by molar-refractivity contribution is 6.31. The highest BCUT2D eigenvalue weighted by Gasteiger charge is 2.33. The largest absolute Gasteiger partial charge is 0.416 e. The first kappa shape index (κ1) is 28.1. The topological polar surface area (TPSA) is 76.0 Å². The lowest BCUT2D eigenvalue weighted by atomic mass is 9.85. The standard InChI is InChI=1S/C29H20ClF5N4O2/c1-39-13-18(11-37-39)15-4-16-7-22(14-40)36-12-24(23-10-20(31)2-3-25(23)30)27(16)26(8-15)38-28(41)17-5-19(29(33,34)35)9-21(32)6-17/h2-6,8-11,13,24,36H,7,12H2,1H3,(H,38,41). The van der Waals surface area contributed by atoms with E-state index >= 15 is 0 Å².